The maximum absolute atomic E-state index is 11.8. The van der Waals surface area contributed by atoms with Crippen molar-refractivity contribution in [3.05, 3.63) is 28.0 Å². The molecule has 0 aromatic carbocycles. The molecule has 0 unspecified atom stereocenters. The number of hydrogen-bond acceptors (Lipinski definition) is 3. The van der Waals surface area contributed by atoms with Crippen LogP contribution in [0.2, 0.25) is 10.3 Å². The molecule has 0 aliphatic heterocycles. The lowest BCUT2D eigenvalue weighted by Crippen LogP contribution is -2.38. The van der Waals surface area contributed by atoms with E-state index in [1.807, 2.05) is 13.8 Å². The van der Waals surface area contributed by atoms with E-state index in [0.717, 1.165) is 0 Å². The quantitative estimate of drug-likeness (QED) is 0.816. The number of aromatic nitrogens is 1. The van der Waals surface area contributed by atoms with Crippen LogP contribution >= 0.6 is 23.2 Å². The van der Waals surface area contributed by atoms with E-state index in [4.69, 9.17) is 23.2 Å². The summed E-state index contributed by atoms with van der Waals surface area (Å²) in [6.45, 7) is 4.45. The van der Waals surface area contributed by atoms with Crippen LogP contribution in [0.15, 0.2) is 12.1 Å². The molecule has 0 aliphatic carbocycles. The van der Waals surface area contributed by atoms with Crippen molar-refractivity contribution in [2.24, 2.45) is 5.92 Å². The first-order valence-electron chi connectivity index (χ1n) is 5.76. The highest BCUT2D eigenvalue weighted by atomic mass is 35.5. The van der Waals surface area contributed by atoms with E-state index < -0.39 is 5.91 Å². The molecule has 2 amide bonds. The molecular weight excluding hydrogens is 289 g/mol. The van der Waals surface area contributed by atoms with Crippen LogP contribution < -0.4 is 10.6 Å². The van der Waals surface area contributed by atoms with E-state index in [1.165, 1.54) is 12.1 Å². The summed E-state index contributed by atoms with van der Waals surface area (Å²) >= 11 is 11.4. The molecule has 1 rings (SSSR count). The third-order valence-electron chi connectivity index (χ3n) is 2.14. The SMILES string of the molecule is CC(C)CNC(=O)CNC(=O)c1cc(Cl)nc(Cl)c1. The molecule has 0 saturated heterocycles. The van der Waals surface area contributed by atoms with Gasteiger partial charge < -0.3 is 10.6 Å². The number of hydrogen-bond donors (Lipinski definition) is 2. The van der Waals surface area contributed by atoms with Crippen LogP contribution in [-0.2, 0) is 4.79 Å². The Morgan fingerprint density at radius 2 is 1.79 bits per heavy atom. The zero-order valence-electron chi connectivity index (χ0n) is 10.7. The first-order valence-corrected chi connectivity index (χ1v) is 6.52. The molecule has 7 heteroatoms. The standard InChI is InChI=1S/C12H15Cl2N3O2/c1-7(2)5-15-11(18)6-16-12(19)8-3-9(13)17-10(14)4-8/h3-4,7H,5-6H2,1-2H3,(H,15,18)(H,16,19). The Balaban J connectivity index is 2.49. The van der Waals surface area contributed by atoms with E-state index in [-0.39, 0.29) is 28.3 Å². The Morgan fingerprint density at radius 3 is 2.32 bits per heavy atom. The van der Waals surface area contributed by atoms with Gasteiger partial charge in [0.1, 0.15) is 10.3 Å². The first kappa shape index (κ1) is 15.7. The van der Waals surface area contributed by atoms with Crippen LogP contribution in [0.1, 0.15) is 24.2 Å². The monoisotopic (exact) mass is 303 g/mol. The van der Waals surface area contributed by atoms with Gasteiger partial charge in [-0.1, -0.05) is 37.0 Å². The van der Waals surface area contributed by atoms with Gasteiger partial charge in [0, 0.05) is 12.1 Å². The van der Waals surface area contributed by atoms with Gasteiger partial charge in [0.25, 0.3) is 5.91 Å². The summed E-state index contributed by atoms with van der Waals surface area (Å²) in [6.07, 6.45) is 0. The number of pyridine rings is 1. The van der Waals surface area contributed by atoms with Crippen LogP contribution in [0.3, 0.4) is 0 Å². The van der Waals surface area contributed by atoms with Gasteiger partial charge in [0.2, 0.25) is 5.91 Å². The molecule has 5 nitrogen and oxygen atoms in total. The van der Waals surface area contributed by atoms with E-state index >= 15 is 0 Å². The van der Waals surface area contributed by atoms with E-state index in [2.05, 4.69) is 15.6 Å². The lowest BCUT2D eigenvalue weighted by atomic mass is 10.2. The zero-order chi connectivity index (χ0) is 14.4. The Labute approximate surface area is 121 Å². The summed E-state index contributed by atoms with van der Waals surface area (Å²) in [6, 6.07) is 2.77. The lowest BCUT2D eigenvalue weighted by Gasteiger charge is -2.08. The molecule has 0 aliphatic rings. The number of nitrogens with one attached hydrogen (secondary N) is 2. The molecular formula is C12H15Cl2N3O2. The minimum Gasteiger partial charge on any atom is -0.354 e. The van der Waals surface area contributed by atoms with Gasteiger partial charge in [0.05, 0.1) is 6.54 Å². The Bertz CT molecular complexity index is 458. The van der Waals surface area contributed by atoms with Crippen molar-refractivity contribution < 1.29 is 9.59 Å². The summed E-state index contributed by atoms with van der Waals surface area (Å²) in [4.78, 5) is 26.9. The molecule has 0 bridgehead atoms. The fourth-order valence-corrected chi connectivity index (χ4v) is 1.70. The number of nitrogens with zero attached hydrogens (tertiary/aromatic N) is 1. The number of halogens is 2. The smallest absolute Gasteiger partial charge is 0.251 e. The van der Waals surface area contributed by atoms with Crippen LogP contribution in [0.4, 0.5) is 0 Å². The second-order valence-electron chi connectivity index (χ2n) is 4.38. The predicted molar refractivity (Wildman–Crippen MR) is 74.4 cm³/mol. The number of carbonyl (C=O) groups excluding carboxylic acids is 2. The topological polar surface area (TPSA) is 71.1 Å². The number of amides is 2. The minimum atomic E-state index is -0.425. The van der Waals surface area contributed by atoms with Crippen molar-refractivity contribution in [1.29, 1.82) is 0 Å². The van der Waals surface area contributed by atoms with Crippen molar-refractivity contribution in [2.45, 2.75) is 13.8 Å². The fourth-order valence-electron chi connectivity index (χ4n) is 1.24. The van der Waals surface area contributed by atoms with E-state index in [1.54, 1.807) is 0 Å². The Morgan fingerprint density at radius 1 is 1.21 bits per heavy atom. The van der Waals surface area contributed by atoms with Gasteiger partial charge in [-0.05, 0) is 18.1 Å². The normalized spacial score (nSPS) is 10.4. The molecule has 104 valence electrons. The summed E-state index contributed by atoms with van der Waals surface area (Å²) in [5.74, 6) is -0.309. The van der Waals surface area contributed by atoms with E-state index in [0.29, 0.717) is 12.5 Å². The van der Waals surface area contributed by atoms with Gasteiger partial charge in [0.15, 0.2) is 0 Å². The van der Waals surface area contributed by atoms with Crippen LogP contribution in [0.5, 0.6) is 0 Å². The first-order chi connectivity index (χ1) is 8.88. The second-order valence-corrected chi connectivity index (χ2v) is 5.16. The lowest BCUT2D eigenvalue weighted by molar-refractivity contribution is -0.120. The third kappa shape index (κ3) is 5.89. The van der Waals surface area contributed by atoms with Crippen molar-refractivity contribution in [1.82, 2.24) is 15.6 Å². The average Bonchev–Trinajstić information content (AvgIpc) is 2.32. The average molecular weight is 304 g/mol. The molecule has 19 heavy (non-hydrogen) atoms. The maximum atomic E-state index is 11.8. The van der Waals surface area contributed by atoms with Gasteiger partial charge in [-0.15, -0.1) is 0 Å². The highest BCUT2D eigenvalue weighted by molar-refractivity contribution is 6.33. The zero-order valence-corrected chi connectivity index (χ0v) is 12.2. The highest BCUT2D eigenvalue weighted by Gasteiger charge is 2.10. The largest absolute Gasteiger partial charge is 0.354 e. The Kier molecular flexibility index (Phi) is 6.05. The van der Waals surface area contributed by atoms with Gasteiger partial charge in [-0.2, -0.15) is 0 Å². The summed E-state index contributed by atoms with van der Waals surface area (Å²) in [5, 5.41) is 5.43. The van der Waals surface area contributed by atoms with Crippen molar-refractivity contribution in [3.63, 3.8) is 0 Å². The second kappa shape index (κ2) is 7.31. The highest BCUT2D eigenvalue weighted by Crippen LogP contribution is 2.14. The molecule has 0 saturated carbocycles. The van der Waals surface area contributed by atoms with Crippen LogP contribution in [0, 0.1) is 5.92 Å². The summed E-state index contributed by atoms with van der Waals surface area (Å²) in [7, 11) is 0. The van der Waals surface area contributed by atoms with Gasteiger partial charge >= 0.3 is 0 Å². The van der Waals surface area contributed by atoms with Crippen LogP contribution in [-0.4, -0.2) is 29.9 Å². The fraction of sp³-hybridized carbons (Fsp3) is 0.417. The maximum Gasteiger partial charge on any atom is 0.251 e. The molecule has 0 atom stereocenters. The summed E-state index contributed by atoms with van der Waals surface area (Å²) in [5.41, 5.74) is 0.265. The molecule has 0 radical (unpaired) electrons. The molecule has 1 aromatic heterocycles. The van der Waals surface area contributed by atoms with Gasteiger partial charge in [-0.25, -0.2) is 4.98 Å². The summed E-state index contributed by atoms with van der Waals surface area (Å²) < 4.78 is 0. The molecule has 0 fully saturated rings. The number of carbonyl (C=O) groups is 2. The van der Waals surface area contributed by atoms with Crippen molar-refractivity contribution in [3.8, 4) is 0 Å². The number of rotatable bonds is 5. The Hall–Kier alpha value is -1.33. The van der Waals surface area contributed by atoms with Gasteiger partial charge in [-0.3, -0.25) is 9.59 Å². The molecule has 1 aromatic rings. The predicted octanol–water partition coefficient (Wildman–Crippen LogP) is 1.89. The van der Waals surface area contributed by atoms with E-state index in [9.17, 15) is 9.59 Å². The third-order valence-corrected chi connectivity index (χ3v) is 2.53. The van der Waals surface area contributed by atoms with Crippen molar-refractivity contribution in [2.75, 3.05) is 13.1 Å². The molecule has 0 spiro atoms. The molecule has 2 N–H and O–H groups in total. The minimum absolute atomic E-state index is 0.0941. The van der Waals surface area contributed by atoms with Crippen molar-refractivity contribution >= 4 is 35.0 Å². The molecule has 1 heterocycles. The van der Waals surface area contributed by atoms with Crippen LogP contribution in [0.25, 0.3) is 0 Å².